The lowest BCUT2D eigenvalue weighted by molar-refractivity contribution is 0.0923. The maximum absolute atomic E-state index is 13.6. The number of fused-ring (bicyclic) bond motifs is 1. The van der Waals surface area contributed by atoms with E-state index in [1.807, 2.05) is 42.1 Å². The van der Waals surface area contributed by atoms with Gasteiger partial charge >= 0.3 is 5.69 Å². The first-order valence-corrected chi connectivity index (χ1v) is 11.3. The summed E-state index contributed by atoms with van der Waals surface area (Å²) >= 11 is 3.54. The van der Waals surface area contributed by atoms with Gasteiger partial charge < -0.3 is 9.88 Å². The second kappa shape index (κ2) is 7.48. The van der Waals surface area contributed by atoms with Crippen LogP contribution in [0.4, 0.5) is 0 Å². The van der Waals surface area contributed by atoms with Crippen LogP contribution in [0.25, 0.3) is 11.0 Å². The molecule has 4 aromatic rings. The lowest BCUT2D eigenvalue weighted by Gasteiger charge is -2.28. The number of carbonyl (C=O) groups is 1. The SMILES string of the molecule is Cn1ccnc1C(NC(=O)c1cc2c(cc1Br)n(C)c(=O)n2C)C1(c2ccccc2)CC1. The third-order valence-electron chi connectivity index (χ3n) is 6.69. The summed E-state index contributed by atoms with van der Waals surface area (Å²) in [5.74, 6) is 0.620. The Hall–Kier alpha value is -3.13. The van der Waals surface area contributed by atoms with E-state index in [2.05, 4.69) is 38.4 Å². The molecule has 1 aliphatic rings. The van der Waals surface area contributed by atoms with Crippen LogP contribution in [0.2, 0.25) is 0 Å². The Morgan fingerprint density at radius 3 is 2.34 bits per heavy atom. The van der Waals surface area contributed by atoms with Crippen LogP contribution in [0.3, 0.4) is 0 Å². The van der Waals surface area contributed by atoms with Gasteiger partial charge in [-0.05, 0) is 46.5 Å². The van der Waals surface area contributed by atoms with Crippen LogP contribution in [0.5, 0.6) is 0 Å². The van der Waals surface area contributed by atoms with Crippen molar-refractivity contribution in [1.29, 1.82) is 0 Å². The lowest BCUT2D eigenvalue weighted by atomic mass is 9.87. The number of aryl methyl sites for hydroxylation is 3. The summed E-state index contributed by atoms with van der Waals surface area (Å²) in [6, 6.07) is 13.6. The van der Waals surface area contributed by atoms with Crippen LogP contribution >= 0.6 is 15.9 Å². The first kappa shape index (κ1) is 20.8. The smallest absolute Gasteiger partial charge is 0.328 e. The highest BCUT2D eigenvalue weighted by Crippen LogP contribution is 2.56. The van der Waals surface area contributed by atoms with Crippen molar-refractivity contribution in [3.05, 3.63) is 86.8 Å². The first-order chi connectivity index (χ1) is 15.3. The van der Waals surface area contributed by atoms with Crippen molar-refractivity contribution in [3.8, 4) is 0 Å². The molecule has 7 nitrogen and oxygen atoms in total. The molecule has 0 aliphatic heterocycles. The number of halogens is 1. The van der Waals surface area contributed by atoms with Crippen molar-refractivity contribution in [3.63, 3.8) is 0 Å². The van der Waals surface area contributed by atoms with Gasteiger partial charge in [0.15, 0.2) is 0 Å². The highest BCUT2D eigenvalue weighted by molar-refractivity contribution is 9.10. The molecule has 164 valence electrons. The Bertz CT molecular complexity index is 1400. The fourth-order valence-electron chi connectivity index (χ4n) is 4.66. The first-order valence-electron chi connectivity index (χ1n) is 10.5. The summed E-state index contributed by atoms with van der Waals surface area (Å²) in [5.41, 5.74) is 2.85. The Kier molecular flexibility index (Phi) is 4.85. The summed E-state index contributed by atoms with van der Waals surface area (Å²) in [6.45, 7) is 0. The molecule has 5 rings (SSSR count). The fraction of sp³-hybridized carbons (Fsp3) is 0.292. The van der Waals surface area contributed by atoms with Crippen molar-refractivity contribution < 1.29 is 4.79 Å². The predicted molar refractivity (Wildman–Crippen MR) is 127 cm³/mol. The topological polar surface area (TPSA) is 73.8 Å². The summed E-state index contributed by atoms with van der Waals surface area (Å²) < 4.78 is 5.74. The third kappa shape index (κ3) is 3.12. The van der Waals surface area contributed by atoms with Crippen LogP contribution in [0.1, 0.15) is 40.6 Å². The molecule has 2 heterocycles. The number of amides is 1. The molecule has 1 amide bonds. The van der Waals surface area contributed by atoms with E-state index in [-0.39, 0.29) is 23.1 Å². The van der Waals surface area contributed by atoms with Crippen molar-refractivity contribution in [1.82, 2.24) is 24.0 Å². The molecule has 1 aliphatic carbocycles. The van der Waals surface area contributed by atoms with E-state index in [9.17, 15) is 9.59 Å². The number of aromatic nitrogens is 4. The van der Waals surface area contributed by atoms with Gasteiger partial charge in [0.1, 0.15) is 5.82 Å². The molecule has 1 saturated carbocycles. The molecule has 1 fully saturated rings. The Morgan fingerprint density at radius 2 is 1.75 bits per heavy atom. The maximum Gasteiger partial charge on any atom is 0.328 e. The zero-order chi connectivity index (χ0) is 22.6. The Labute approximate surface area is 193 Å². The monoisotopic (exact) mass is 493 g/mol. The van der Waals surface area contributed by atoms with Gasteiger partial charge in [0.25, 0.3) is 5.91 Å². The molecule has 0 bridgehead atoms. The van der Waals surface area contributed by atoms with Gasteiger partial charge in [-0.3, -0.25) is 13.9 Å². The molecular formula is C24H24BrN5O2. The van der Waals surface area contributed by atoms with Gasteiger partial charge in [-0.15, -0.1) is 0 Å². The number of nitrogens with zero attached hydrogens (tertiary/aromatic N) is 4. The molecule has 0 spiro atoms. The summed E-state index contributed by atoms with van der Waals surface area (Å²) in [5, 5.41) is 3.28. The van der Waals surface area contributed by atoms with Gasteiger partial charge in [-0.1, -0.05) is 30.3 Å². The summed E-state index contributed by atoms with van der Waals surface area (Å²) in [4.78, 5) is 30.5. The van der Waals surface area contributed by atoms with Gasteiger partial charge in [-0.25, -0.2) is 9.78 Å². The summed E-state index contributed by atoms with van der Waals surface area (Å²) in [6.07, 6.45) is 5.61. The quantitative estimate of drug-likeness (QED) is 0.461. The van der Waals surface area contributed by atoms with Gasteiger partial charge in [0, 0.05) is 43.4 Å². The van der Waals surface area contributed by atoms with Crippen LogP contribution in [-0.2, 0) is 26.6 Å². The van der Waals surface area contributed by atoms with Crippen LogP contribution in [-0.4, -0.2) is 24.6 Å². The zero-order valence-electron chi connectivity index (χ0n) is 18.2. The molecule has 0 radical (unpaired) electrons. The number of imidazole rings is 2. The Morgan fingerprint density at radius 1 is 1.09 bits per heavy atom. The predicted octanol–water partition coefficient (Wildman–Crippen LogP) is 3.58. The van der Waals surface area contributed by atoms with Crippen molar-refractivity contribution in [2.45, 2.75) is 24.3 Å². The molecule has 2 aromatic heterocycles. The van der Waals surface area contributed by atoms with Crippen LogP contribution in [0.15, 0.2) is 64.1 Å². The number of rotatable bonds is 5. The van der Waals surface area contributed by atoms with Crippen molar-refractivity contribution >= 4 is 32.9 Å². The standard InChI is InChI=1S/C24H24BrN5O2/c1-28-12-11-26-21(28)20(24(9-10-24)15-7-5-4-6-8-15)27-22(31)16-13-18-19(14-17(16)25)30(3)23(32)29(18)2/h4-8,11-14,20H,9-10H2,1-3H3,(H,27,31). The van der Waals surface area contributed by atoms with Crippen LogP contribution in [0, 0.1) is 0 Å². The normalized spacial score (nSPS) is 15.6. The van der Waals surface area contributed by atoms with E-state index in [1.54, 1.807) is 35.5 Å². The second-order valence-electron chi connectivity index (χ2n) is 8.55. The summed E-state index contributed by atoms with van der Waals surface area (Å²) in [7, 11) is 5.39. The van der Waals surface area contributed by atoms with Gasteiger partial charge in [0.05, 0.1) is 22.6 Å². The van der Waals surface area contributed by atoms with Crippen molar-refractivity contribution in [2.75, 3.05) is 0 Å². The molecule has 32 heavy (non-hydrogen) atoms. The number of carbonyl (C=O) groups excluding carboxylic acids is 1. The number of benzene rings is 2. The minimum Gasteiger partial charge on any atom is -0.341 e. The highest BCUT2D eigenvalue weighted by atomic mass is 79.9. The van der Waals surface area contributed by atoms with Gasteiger partial charge in [0.2, 0.25) is 0 Å². The molecule has 0 saturated heterocycles. The minimum absolute atomic E-state index is 0.128. The Balaban J connectivity index is 1.57. The van der Waals surface area contributed by atoms with E-state index in [4.69, 9.17) is 0 Å². The molecule has 1 atom stereocenters. The molecular weight excluding hydrogens is 470 g/mol. The van der Waals surface area contributed by atoms with Crippen molar-refractivity contribution in [2.24, 2.45) is 21.1 Å². The average Bonchev–Trinajstić information content (AvgIpc) is 3.45. The van der Waals surface area contributed by atoms with E-state index >= 15 is 0 Å². The molecule has 1 N–H and O–H groups in total. The van der Waals surface area contributed by atoms with Crippen LogP contribution < -0.4 is 11.0 Å². The number of hydrogen-bond donors (Lipinski definition) is 1. The van der Waals surface area contributed by atoms with E-state index in [1.165, 1.54) is 5.56 Å². The lowest BCUT2D eigenvalue weighted by Crippen LogP contribution is -2.38. The number of nitrogens with one attached hydrogen (secondary N) is 1. The minimum atomic E-state index is -0.278. The maximum atomic E-state index is 13.6. The molecule has 8 heteroatoms. The fourth-order valence-corrected chi connectivity index (χ4v) is 5.17. The van der Waals surface area contributed by atoms with Gasteiger partial charge in [-0.2, -0.15) is 0 Å². The zero-order valence-corrected chi connectivity index (χ0v) is 19.8. The third-order valence-corrected chi connectivity index (χ3v) is 7.34. The van der Waals surface area contributed by atoms with E-state index < -0.39 is 0 Å². The van der Waals surface area contributed by atoms with E-state index in [0.29, 0.717) is 15.6 Å². The largest absolute Gasteiger partial charge is 0.341 e. The molecule has 2 aromatic carbocycles. The average molecular weight is 494 g/mol. The highest BCUT2D eigenvalue weighted by Gasteiger charge is 2.53. The van der Waals surface area contributed by atoms with E-state index in [0.717, 1.165) is 24.2 Å². The molecule has 1 unspecified atom stereocenters. The second-order valence-corrected chi connectivity index (χ2v) is 9.40. The number of hydrogen-bond acceptors (Lipinski definition) is 3.